The molecule has 1 aromatic carbocycles. The van der Waals surface area contributed by atoms with Gasteiger partial charge in [0.2, 0.25) is 0 Å². The lowest BCUT2D eigenvalue weighted by atomic mass is 9.85. The number of ether oxygens (including phenoxy) is 2. The number of halogens is 1. The minimum absolute atomic E-state index is 0.00283. The van der Waals surface area contributed by atoms with Gasteiger partial charge < -0.3 is 14.4 Å². The molecule has 1 heterocycles. The number of likely N-dealkylation sites (tertiary alicyclic amines) is 1. The van der Waals surface area contributed by atoms with Crippen molar-refractivity contribution in [2.45, 2.75) is 58.1 Å². The van der Waals surface area contributed by atoms with Crippen LogP contribution in [0.15, 0.2) is 18.2 Å². The maximum Gasteiger partial charge on any atom is 0.410 e. The summed E-state index contributed by atoms with van der Waals surface area (Å²) < 4.78 is 24.1. The molecule has 1 unspecified atom stereocenters. The zero-order valence-corrected chi connectivity index (χ0v) is 15.5. The predicted octanol–water partition coefficient (Wildman–Crippen LogP) is 4.12. The molecule has 1 aliphatic rings. The van der Waals surface area contributed by atoms with Crippen molar-refractivity contribution in [2.24, 2.45) is 0 Å². The number of carbonyl (C=O) groups is 2. The number of rotatable bonds is 2. The van der Waals surface area contributed by atoms with Gasteiger partial charge in [-0.15, -0.1) is 0 Å². The zero-order valence-electron chi connectivity index (χ0n) is 15.5. The fourth-order valence-corrected chi connectivity index (χ4v) is 3.13. The molecule has 2 atom stereocenters. The standard InChI is InChI=1S/C19H26FNO4/c1-12-10-14(8-9-21(12)18(23)25-19(2,3)4)13-6-7-15(16(20)11-13)17(22)24-5/h6-7,11-12,14H,8-10H2,1-5H3/t12-,14?/m1/s1. The van der Waals surface area contributed by atoms with Gasteiger partial charge in [-0.05, 0) is 64.2 Å². The minimum Gasteiger partial charge on any atom is -0.465 e. The van der Waals surface area contributed by atoms with Crippen molar-refractivity contribution in [3.8, 4) is 0 Å². The number of hydrogen-bond donors (Lipinski definition) is 0. The van der Waals surface area contributed by atoms with Crippen LogP contribution in [0.3, 0.4) is 0 Å². The fraction of sp³-hybridized carbons (Fsp3) is 0.579. The Balaban J connectivity index is 2.07. The third-order valence-electron chi connectivity index (χ3n) is 4.37. The first kappa shape index (κ1) is 19.2. The van der Waals surface area contributed by atoms with Crippen molar-refractivity contribution in [2.75, 3.05) is 13.7 Å². The molecule has 0 spiro atoms. The Morgan fingerprint density at radius 1 is 1.28 bits per heavy atom. The van der Waals surface area contributed by atoms with E-state index >= 15 is 0 Å². The molecule has 138 valence electrons. The van der Waals surface area contributed by atoms with Gasteiger partial charge in [0.25, 0.3) is 0 Å². The average Bonchev–Trinajstić information content (AvgIpc) is 2.52. The van der Waals surface area contributed by atoms with Gasteiger partial charge in [0.1, 0.15) is 11.4 Å². The first-order chi connectivity index (χ1) is 11.6. The number of piperidine rings is 1. The van der Waals surface area contributed by atoms with E-state index in [1.807, 2.05) is 27.7 Å². The van der Waals surface area contributed by atoms with Crippen LogP contribution in [0.1, 0.15) is 62.4 Å². The highest BCUT2D eigenvalue weighted by Gasteiger charge is 2.32. The summed E-state index contributed by atoms with van der Waals surface area (Å²) in [4.78, 5) is 25.5. The van der Waals surface area contributed by atoms with Crippen LogP contribution < -0.4 is 0 Å². The molecule has 1 aliphatic heterocycles. The van der Waals surface area contributed by atoms with E-state index in [1.165, 1.54) is 19.2 Å². The second-order valence-electron chi connectivity index (χ2n) is 7.47. The van der Waals surface area contributed by atoms with Crippen LogP contribution in [0.25, 0.3) is 0 Å². The molecule has 0 N–H and O–H groups in total. The summed E-state index contributed by atoms with van der Waals surface area (Å²) in [7, 11) is 1.23. The van der Waals surface area contributed by atoms with E-state index in [9.17, 15) is 14.0 Å². The molecular formula is C19H26FNO4. The van der Waals surface area contributed by atoms with Crippen molar-refractivity contribution >= 4 is 12.1 Å². The monoisotopic (exact) mass is 351 g/mol. The van der Waals surface area contributed by atoms with Crippen LogP contribution in [-0.4, -0.2) is 42.3 Å². The smallest absolute Gasteiger partial charge is 0.410 e. The molecule has 1 aromatic rings. The Labute approximate surface area is 148 Å². The quantitative estimate of drug-likeness (QED) is 0.752. The predicted molar refractivity (Wildman–Crippen MR) is 92.1 cm³/mol. The Bertz CT molecular complexity index is 653. The molecule has 2 rings (SSSR count). The lowest BCUT2D eigenvalue weighted by Gasteiger charge is -2.38. The third kappa shape index (κ3) is 4.71. The minimum atomic E-state index is -0.683. The summed E-state index contributed by atoms with van der Waals surface area (Å²) in [5.41, 5.74) is 0.242. The van der Waals surface area contributed by atoms with Crippen LogP contribution in [-0.2, 0) is 9.47 Å². The van der Waals surface area contributed by atoms with Crippen LogP contribution in [0.5, 0.6) is 0 Å². The summed E-state index contributed by atoms with van der Waals surface area (Å²) in [6.07, 6.45) is 1.13. The number of methoxy groups -OCH3 is 1. The SMILES string of the molecule is COC(=O)c1ccc(C2CCN(C(=O)OC(C)(C)C)[C@H](C)C2)cc1F. The summed E-state index contributed by atoms with van der Waals surface area (Å²) in [5, 5.41) is 0. The van der Waals surface area contributed by atoms with Crippen LogP contribution in [0.4, 0.5) is 9.18 Å². The number of nitrogens with zero attached hydrogens (tertiary/aromatic N) is 1. The maximum absolute atomic E-state index is 14.1. The van der Waals surface area contributed by atoms with Gasteiger partial charge in [-0.1, -0.05) is 6.07 Å². The molecule has 1 saturated heterocycles. The molecule has 1 amide bonds. The summed E-state index contributed by atoms with van der Waals surface area (Å²) >= 11 is 0. The van der Waals surface area contributed by atoms with Gasteiger partial charge in [0.15, 0.2) is 0 Å². The van der Waals surface area contributed by atoms with Crippen LogP contribution >= 0.6 is 0 Å². The lowest BCUT2D eigenvalue weighted by Crippen LogP contribution is -2.46. The Morgan fingerprint density at radius 2 is 1.96 bits per heavy atom. The van der Waals surface area contributed by atoms with Gasteiger partial charge in [0, 0.05) is 12.6 Å². The largest absolute Gasteiger partial charge is 0.465 e. The van der Waals surface area contributed by atoms with Crippen molar-refractivity contribution in [3.63, 3.8) is 0 Å². The van der Waals surface area contributed by atoms with Gasteiger partial charge in [-0.2, -0.15) is 0 Å². The second kappa shape index (κ2) is 7.42. The first-order valence-electron chi connectivity index (χ1n) is 8.49. The maximum atomic E-state index is 14.1. The molecular weight excluding hydrogens is 325 g/mol. The van der Waals surface area contributed by atoms with Crippen molar-refractivity contribution in [1.82, 2.24) is 4.90 Å². The number of carbonyl (C=O) groups excluding carboxylic acids is 2. The topological polar surface area (TPSA) is 55.8 Å². The highest BCUT2D eigenvalue weighted by molar-refractivity contribution is 5.89. The van der Waals surface area contributed by atoms with E-state index in [0.29, 0.717) is 6.54 Å². The van der Waals surface area contributed by atoms with E-state index in [4.69, 9.17) is 4.74 Å². The van der Waals surface area contributed by atoms with Crippen molar-refractivity contribution in [1.29, 1.82) is 0 Å². The van der Waals surface area contributed by atoms with Crippen LogP contribution in [0.2, 0.25) is 0 Å². The Hall–Kier alpha value is -2.11. The summed E-state index contributed by atoms with van der Waals surface area (Å²) in [5.74, 6) is -1.13. The van der Waals surface area contributed by atoms with E-state index in [0.717, 1.165) is 18.4 Å². The summed E-state index contributed by atoms with van der Waals surface area (Å²) in [6.45, 7) is 8.05. The highest BCUT2D eigenvalue weighted by atomic mass is 19.1. The molecule has 6 heteroatoms. The molecule has 0 aliphatic carbocycles. The molecule has 5 nitrogen and oxygen atoms in total. The van der Waals surface area contributed by atoms with Crippen LogP contribution in [0, 0.1) is 5.82 Å². The van der Waals surface area contributed by atoms with Gasteiger partial charge in [-0.25, -0.2) is 14.0 Å². The summed E-state index contributed by atoms with van der Waals surface area (Å²) in [6, 6.07) is 4.61. The van der Waals surface area contributed by atoms with E-state index in [-0.39, 0.29) is 23.6 Å². The molecule has 25 heavy (non-hydrogen) atoms. The molecule has 1 fully saturated rings. The van der Waals surface area contributed by atoms with Gasteiger partial charge in [0.05, 0.1) is 12.7 Å². The fourth-order valence-electron chi connectivity index (χ4n) is 3.13. The van der Waals surface area contributed by atoms with E-state index in [1.54, 1.807) is 11.0 Å². The second-order valence-corrected chi connectivity index (χ2v) is 7.47. The van der Waals surface area contributed by atoms with E-state index in [2.05, 4.69) is 4.74 Å². The lowest BCUT2D eigenvalue weighted by molar-refractivity contribution is 0.0103. The molecule has 0 radical (unpaired) electrons. The number of esters is 1. The zero-order chi connectivity index (χ0) is 18.8. The normalized spacial score (nSPS) is 21.0. The van der Waals surface area contributed by atoms with E-state index < -0.39 is 17.4 Å². The number of benzene rings is 1. The third-order valence-corrected chi connectivity index (χ3v) is 4.37. The van der Waals surface area contributed by atoms with Crippen molar-refractivity contribution < 1.29 is 23.5 Å². The molecule has 0 saturated carbocycles. The van der Waals surface area contributed by atoms with Gasteiger partial charge >= 0.3 is 12.1 Å². The Morgan fingerprint density at radius 3 is 2.48 bits per heavy atom. The highest BCUT2D eigenvalue weighted by Crippen LogP contribution is 2.33. The van der Waals surface area contributed by atoms with Crippen molar-refractivity contribution in [3.05, 3.63) is 35.1 Å². The van der Waals surface area contributed by atoms with Gasteiger partial charge in [-0.3, -0.25) is 0 Å². The molecule has 0 bridgehead atoms. The molecule has 0 aromatic heterocycles. The Kier molecular flexibility index (Phi) is 5.70. The number of amides is 1. The first-order valence-corrected chi connectivity index (χ1v) is 8.49. The average molecular weight is 351 g/mol. The number of hydrogen-bond acceptors (Lipinski definition) is 4.